The van der Waals surface area contributed by atoms with E-state index in [4.69, 9.17) is 61.1 Å². The van der Waals surface area contributed by atoms with E-state index in [1.54, 1.807) is 48.8 Å². The minimum atomic E-state index is -1.34. The number of furan rings is 2. The molecule has 0 aliphatic heterocycles. The first-order chi connectivity index (χ1) is 37.7. The minimum absolute atomic E-state index is 0.106. The number of benzene rings is 8. The van der Waals surface area contributed by atoms with Gasteiger partial charge in [0.1, 0.15) is 16.8 Å². The largest absolute Gasteiger partial charge is 0.0622 e. The molecule has 15 heteroatoms. The Morgan fingerprint density at radius 3 is 0.974 bits per heavy atom. The first kappa shape index (κ1) is 59.2. The average molecular weight is 1330 g/mol. The molecule has 8 aromatic carbocycles. The summed E-state index contributed by atoms with van der Waals surface area (Å²) in [6, 6.07) is 90.4. The third-order valence-electron chi connectivity index (χ3n) is 10.9. The maximum atomic E-state index is 8.58. The predicted molar refractivity (Wildman–Crippen MR) is 334 cm³/mol. The Labute approximate surface area is 492 Å². The smallest absolute Gasteiger partial charge is 0.0134 e. The Hall–Kier alpha value is -5.46. The van der Waals surface area contributed by atoms with E-state index in [0.717, 1.165) is 26.1 Å². The van der Waals surface area contributed by atoms with Gasteiger partial charge in [0.25, 0.3) is 0 Å². The topological polar surface area (TPSA) is 92.5 Å². The first-order valence-electron chi connectivity index (χ1n) is 23.7. The number of pyridine rings is 2. The fourth-order valence-electron chi connectivity index (χ4n) is 7.51. The molecule has 0 aliphatic rings. The monoisotopic (exact) mass is 1330 g/mol. The molecule has 12 rings (SSSR count). The molecular weight excluding hydrogens is 1280 g/mol. The van der Waals surface area contributed by atoms with Gasteiger partial charge in [0.2, 0.25) is 0 Å². The van der Waals surface area contributed by atoms with Crippen molar-refractivity contribution in [2.45, 2.75) is 0 Å². The van der Waals surface area contributed by atoms with Gasteiger partial charge in [-0.15, -0.1) is 0 Å². The minimum Gasteiger partial charge on any atom is -0.0622 e. The van der Waals surface area contributed by atoms with Crippen LogP contribution in [0.5, 0.6) is 0 Å². The van der Waals surface area contributed by atoms with Crippen LogP contribution in [0.1, 0.15) is 0 Å². The summed E-state index contributed by atoms with van der Waals surface area (Å²) in [5.74, 6) is 0.788. The average Bonchev–Trinajstić information content (AvgIpc) is 4.12. The van der Waals surface area contributed by atoms with Gasteiger partial charge in [0, 0.05) is 30.1 Å². The van der Waals surface area contributed by atoms with Crippen LogP contribution < -0.4 is 37.3 Å². The molecule has 0 unspecified atom stereocenters. The van der Waals surface area contributed by atoms with Crippen LogP contribution in [-0.4, -0.2) is 27.1 Å². The summed E-state index contributed by atoms with van der Waals surface area (Å²) in [6.07, 6.45) is 3.34. The van der Waals surface area contributed by atoms with Gasteiger partial charge in [-0.1, -0.05) is 266 Å². The fraction of sp³-hybridized carbons (Fsp3) is 0. The van der Waals surface area contributed by atoms with Gasteiger partial charge in [-0.2, -0.15) is 0 Å². The molecule has 388 valence electrons. The van der Waals surface area contributed by atoms with Crippen molar-refractivity contribution in [3.63, 3.8) is 0 Å². The van der Waals surface area contributed by atoms with Crippen LogP contribution in [0.3, 0.4) is 0 Å². The van der Waals surface area contributed by atoms with E-state index < -0.39 is 23.0 Å². The van der Waals surface area contributed by atoms with E-state index in [-0.39, 0.29) is 15.9 Å². The third kappa shape index (κ3) is 18.3. The zero-order valence-corrected chi connectivity index (χ0v) is 49.4. The quantitative estimate of drug-likeness (QED) is 0.0895. The zero-order chi connectivity index (χ0) is 54.0. The van der Waals surface area contributed by atoms with Crippen molar-refractivity contribution in [3.8, 4) is 11.3 Å². The summed E-state index contributed by atoms with van der Waals surface area (Å²) in [4.78, 5) is 8.29. The molecule has 12 aromatic rings. The van der Waals surface area contributed by atoms with Gasteiger partial charge in [0.15, 0.2) is 14.9 Å². The Kier molecular flexibility index (Phi) is 24.9. The first-order valence-corrected chi connectivity index (χ1v) is 32.2. The molecule has 4 aromatic heterocycles. The second-order valence-electron chi connectivity index (χ2n) is 16.1. The summed E-state index contributed by atoms with van der Waals surface area (Å²) in [6.45, 7) is 0. The second kappa shape index (κ2) is 32.4. The third-order valence-corrected chi connectivity index (χ3v) is 17.0. The number of hydrogen-bond acceptors (Lipinski definition) is 6. The molecule has 4 heterocycles. The maximum Gasteiger partial charge on any atom is -0.0134 e. The van der Waals surface area contributed by atoms with Crippen LogP contribution in [-0.2, 0) is 15.9 Å². The van der Waals surface area contributed by atoms with Gasteiger partial charge >= 0.3 is 42.1 Å². The molecule has 6 nitrogen and oxygen atoms in total. The van der Waals surface area contributed by atoms with E-state index in [2.05, 4.69) is 215 Å². The summed E-state index contributed by atoms with van der Waals surface area (Å²) in [7, 11) is 7.39. The number of nitrogens with zero attached hydrogens (tertiary/aromatic N) is 2. The Morgan fingerprint density at radius 2 is 0.688 bits per heavy atom. The maximum absolute atomic E-state index is 8.58. The molecule has 2 N–H and O–H groups in total. The van der Waals surface area contributed by atoms with Crippen molar-refractivity contribution in [1.29, 1.82) is 0 Å². The summed E-state index contributed by atoms with van der Waals surface area (Å²) >= 11 is 13.8. The fourth-order valence-corrected chi connectivity index (χ4v) is 13.0. The number of hydrogen-bond donors (Lipinski definition) is 2. The van der Waals surface area contributed by atoms with Crippen LogP contribution in [0.4, 0.5) is 0 Å². The van der Waals surface area contributed by atoms with Gasteiger partial charge in [-0.3, -0.25) is 9.97 Å². The molecule has 77 heavy (non-hydrogen) atoms. The van der Waals surface area contributed by atoms with E-state index in [1.165, 1.54) is 31.8 Å². The normalized spacial score (nSPS) is 10.4. The molecule has 0 amide bonds. The molecule has 0 aliphatic carbocycles. The molecule has 0 saturated heterocycles. The number of aromatic nitrogens is 2. The van der Waals surface area contributed by atoms with Crippen LogP contribution >= 0.6 is 80.7 Å². The van der Waals surface area contributed by atoms with E-state index in [9.17, 15) is 0 Å². The zero-order valence-electron chi connectivity index (χ0n) is 40.8. The second-order valence-corrected chi connectivity index (χ2v) is 24.7. The molecule has 0 saturated carbocycles. The Bertz CT molecular complexity index is 3250. The summed E-state index contributed by atoms with van der Waals surface area (Å²) in [5.41, 5.74) is 4.45. The molecule has 0 fully saturated rings. The van der Waals surface area contributed by atoms with Crippen molar-refractivity contribution >= 4 is 147 Å². The Balaban J connectivity index is 0.000000141. The number of halogens is 5. The number of fused-ring (bicyclic) bond motifs is 2. The van der Waals surface area contributed by atoms with Crippen molar-refractivity contribution in [1.82, 2.24) is 9.97 Å². The van der Waals surface area contributed by atoms with E-state index >= 15 is 0 Å². The SMILES string of the molecule is Clc1ccnc2cc(-c3ccccc3)oc12.Clc1ccnc2cc(I)oc12.OB(O)c1ccccc1.[Cl][Pd][Cl].c1ccc(P(c2ccccc2)c2ccccc2)cc1.c1ccc(P(c2ccccc2)c2ccccc2)cc1. The molecular formula is C62H48BCl4IN2O4P2Pd. The standard InChI is InChI=1S/2C18H15P.C13H8ClNO.C7H3ClINO.C6H7BO2.2ClH.Pd/c2*1-4-10-16(11-5-1)19(17-12-6-2-7-13-17)18-14-8-3-9-15-18;14-10-6-7-15-11-8-12(16-13(10)11)9-4-2-1-3-5-9;8-4-1-2-10-5-3-6(9)11-7(4)5;8-7(9)6-4-2-1-3-5-6;;;/h2*1-15H;1-8H;1-3H;1-5,8-9H;2*1H;/q;;;;;;;+2/p-2. The van der Waals surface area contributed by atoms with Crippen LogP contribution in [0, 0.1) is 3.77 Å². The van der Waals surface area contributed by atoms with Crippen LogP contribution in [0.25, 0.3) is 33.5 Å². The van der Waals surface area contributed by atoms with Crippen molar-refractivity contribution < 1.29 is 34.8 Å². The van der Waals surface area contributed by atoms with Crippen LogP contribution in [0.15, 0.2) is 288 Å². The van der Waals surface area contributed by atoms with E-state index in [1.807, 2.05) is 48.5 Å². The van der Waals surface area contributed by atoms with Crippen molar-refractivity contribution in [3.05, 3.63) is 293 Å². The number of rotatable bonds is 8. The summed E-state index contributed by atoms with van der Waals surface area (Å²) in [5, 5.41) is 26.7. The molecule has 0 bridgehead atoms. The van der Waals surface area contributed by atoms with Crippen LogP contribution in [0.2, 0.25) is 10.0 Å². The van der Waals surface area contributed by atoms with Gasteiger partial charge in [-0.25, -0.2) is 0 Å². The molecule has 0 radical (unpaired) electrons. The van der Waals surface area contributed by atoms with Gasteiger partial charge < -0.3 is 18.9 Å². The summed E-state index contributed by atoms with van der Waals surface area (Å²) < 4.78 is 11.8. The van der Waals surface area contributed by atoms with Gasteiger partial charge in [0.05, 0.1) is 10.0 Å². The Morgan fingerprint density at radius 1 is 0.403 bits per heavy atom. The van der Waals surface area contributed by atoms with E-state index in [0.29, 0.717) is 26.7 Å². The molecule has 0 atom stereocenters. The van der Waals surface area contributed by atoms with Gasteiger partial charge in [-0.05, 0) is 87.9 Å². The van der Waals surface area contributed by atoms with Crippen molar-refractivity contribution in [2.75, 3.05) is 0 Å². The van der Waals surface area contributed by atoms with Crippen molar-refractivity contribution in [2.24, 2.45) is 0 Å². The molecule has 0 spiro atoms. The predicted octanol–water partition coefficient (Wildman–Crippen LogP) is 14.9.